The number of carbonyl (C=O) groups is 3. The summed E-state index contributed by atoms with van der Waals surface area (Å²) in [5, 5.41) is 14.8. The largest absolute Gasteiger partial charge is 0.473 e. The third kappa shape index (κ3) is 11.4. The van der Waals surface area contributed by atoms with Crippen LogP contribution in [-0.2, 0) is 28.6 Å². The number of carboxylic acids is 2. The van der Waals surface area contributed by atoms with Crippen LogP contribution in [0, 0.1) is 0 Å². The van der Waals surface area contributed by atoms with Gasteiger partial charge in [0.1, 0.15) is 6.04 Å². The molecule has 118 valence electrons. The Morgan fingerprint density at radius 1 is 1.00 bits per heavy atom. The van der Waals surface area contributed by atoms with Crippen molar-refractivity contribution in [2.24, 2.45) is 5.73 Å². The molecule has 1 atom stereocenters. The molecular weight excluding hydrogens is 274 g/mol. The standard InChI is InChI=1S/C9H19NO4.C2H2O4/c1-12-8(13-2)6-4-5-7(10)9(11)14-3;3-1(4)2(5)6/h7-8H,4-6,10H2,1-3H3;(H,3,4)(H,5,6)/t7-;/m0./s1. The van der Waals surface area contributed by atoms with Gasteiger partial charge >= 0.3 is 17.9 Å². The van der Waals surface area contributed by atoms with E-state index in [9.17, 15) is 4.79 Å². The van der Waals surface area contributed by atoms with Gasteiger partial charge in [-0.3, -0.25) is 4.79 Å². The molecule has 0 aliphatic heterocycles. The van der Waals surface area contributed by atoms with Crippen LogP contribution in [0.15, 0.2) is 0 Å². The second-order valence-electron chi connectivity index (χ2n) is 3.57. The lowest BCUT2D eigenvalue weighted by Gasteiger charge is -2.14. The van der Waals surface area contributed by atoms with Crippen LogP contribution in [-0.4, -0.2) is 61.8 Å². The van der Waals surface area contributed by atoms with Crippen LogP contribution in [0.25, 0.3) is 0 Å². The van der Waals surface area contributed by atoms with Gasteiger partial charge in [0.15, 0.2) is 6.29 Å². The summed E-state index contributed by atoms with van der Waals surface area (Å²) >= 11 is 0. The van der Waals surface area contributed by atoms with Gasteiger partial charge < -0.3 is 30.2 Å². The Morgan fingerprint density at radius 2 is 1.45 bits per heavy atom. The molecule has 0 spiro atoms. The van der Waals surface area contributed by atoms with E-state index in [1.54, 1.807) is 14.2 Å². The van der Waals surface area contributed by atoms with E-state index in [0.717, 1.165) is 12.8 Å². The van der Waals surface area contributed by atoms with E-state index < -0.39 is 18.0 Å². The first-order chi connectivity index (χ1) is 9.29. The molecule has 0 aromatic heterocycles. The van der Waals surface area contributed by atoms with Crippen LogP contribution in [0.1, 0.15) is 19.3 Å². The Kier molecular flexibility index (Phi) is 12.7. The molecule has 9 heteroatoms. The smallest absolute Gasteiger partial charge is 0.414 e. The number of hydrogen-bond acceptors (Lipinski definition) is 7. The van der Waals surface area contributed by atoms with Crippen molar-refractivity contribution in [3.8, 4) is 0 Å². The van der Waals surface area contributed by atoms with E-state index in [-0.39, 0.29) is 12.3 Å². The van der Waals surface area contributed by atoms with Gasteiger partial charge in [0, 0.05) is 14.2 Å². The summed E-state index contributed by atoms with van der Waals surface area (Å²) in [4.78, 5) is 29.1. The molecule has 0 aliphatic rings. The maximum Gasteiger partial charge on any atom is 0.414 e. The minimum absolute atomic E-state index is 0.222. The first kappa shape index (κ1) is 20.6. The summed E-state index contributed by atoms with van der Waals surface area (Å²) < 4.78 is 14.5. The summed E-state index contributed by atoms with van der Waals surface area (Å²) in [7, 11) is 4.48. The minimum atomic E-state index is -1.82. The Labute approximate surface area is 116 Å². The summed E-state index contributed by atoms with van der Waals surface area (Å²) in [6.45, 7) is 0. The molecular formula is C11H21NO8. The molecule has 0 bridgehead atoms. The Hall–Kier alpha value is -1.71. The molecule has 0 unspecified atom stereocenters. The van der Waals surface area contributed by atoms with Crippen molar-refractivity contribution in [3.63, 3.8) is 0 Å². The lowest BCUT2D eigenvalue weighted by atomic mass is 10.1. The van der Waals surface area contributed by atoms with E-state index in [2.05, 4.69) is 4.74 Å². The molecule has 20 heavy (non-hydrogen) atoms. The summed E-state index contributed by atoms with van der Waals surface area (Å²) in [6.07, 6.45) is 1.84. The van der Waals surface area contributed by atoms with E-state index in [1.165, 1.54) is 7.11 Å². The molecule has 0 heterocycles. The predicted octanol–water partition coefficient (Wildman–Crippen LogP) is -0.568. The molecule has 0 radical (unpaired) electrons. The molecule has 9 nitrogen and oxygen atoms in total. The number of esters is 1. The van der Waals surface area contributed by atoms with Gasteiger partial charge in [-0.05, 0) is 19.3 Å². The zero-order valence-electron chi connectivity index (χ0n) is 11.7. The van der Waals surface area contributed by atoms with Gasteiger partial charge in [-0.15, -0.1) is 0 Å². The first-order valence-corrected chi connectivity index (χ1v) is 5.65. The van der Waals surface area contributed by atoms with Crippen molar-refractivity contribution in [2.45, 2.75) is 31.6 Å². The molecule has 0 fully saturated rings. The molecule has 0 amide bonds. The summed E-state index contributed by atoms with van der Waals surface area (Å²) in [5.74, 6) is -4.03. The molecule has 0 rings (SSSR count). The van der Waals surface area contributed by atoms with Crippen LogP contribution in [0.5, 0.6) is 0 Å². The number of carbonyl (C=O) groups excluding carboxylic acids is 1. The molecule has 0 saturated heterocycles. The molecule has 0 aromatic carbocycles. The fourth-order valence-corrected chi connectivity index (χ4v) is 1.11. The quantitative estimate of drug-likeness (QED) is 0.319. The second kappa shape index (κ2) is 12.3. The molecule has 0 saturated carbocycles. The number of nitrogens with two attached hydrogens (primary N) is 1. The van der Waals surface area contributed by atoms with Gasteiger partial charge in [-0.2, -0.15) is 0 Å². The number of aliphatic carboxylic acids is 2. The maximum absolute atomic E-state index is 10.9. The predicted molar refractivity (Wildman–Crippen MR) is 66.9 cm³/mol. The average molecular weight is 295 g/mol. The van der Waals surface area contributed by atoms with Gasteiger partial charge in [0.2, 0.25) is 0 Å². The lowest BCUT2D eigenvalue weighted by molar-refractivity contribution is -0.159. The number of carboxylic acid groups (broad SMARTS) is 2. The summed E-state index contributed by atoms with van der Waals surface area (Å²) in [5.41, 5.74) is 5.54. The van der Waals surface area contributed by atoms with Crippen molar-refractivity contribution in [3.05, 3.63) is 0 Å². The highest BCUT2D eigenvalue weighted by atomic mass is 16.7. The SMILES string of the molecule is COC(=O)[C@@H](N)CCCC(OC)OC.O=C(O)C(=O)O. The van der Waals surface area contributed by atoms with E-state index in [0.29, 0.717) is 6.42 Å². The highest BCUT2D eigenvalue weighted by molar-refractivity contribution is 6.27. The minimum Gasteiger partial charge on any atom is -0.473 e. The van der Waals surface area contributed by atoms with Gasteiger partial charge in [-0.25, -0.2) is 9.59 Å². The third-order valence-electron chi connectivity index (χ3n) is 2.17. The first-order valence-electron chi connectivity index (χ1n) is 5.65. The van der Waals surface area contributed by atoms with E-state index in [1.807, 2.05) is 0 Å². The van der Waals surface area contributed by atoms with Crippen LogP contribution < -0.4 is 5.73 Å². The van der Waals surface area contributed by atoms with Crippen molar-refractivity contribution in [1.29, 1.82) is 0 Å². The molecule has 0 aromatic rings. The number of methoxy groups -OCH3 is 3. The Bertz CT molecular complexity index is 291. The fourth-order valence-electron chi connectivity index (χ4n) is 1.11. The average Bonchev–Trinajstić information content (AvgIpc) is 2.42. The number of ether oxygens (including phenoxy) is 3. The van der Waals surface area contributed by atoms with Crippen molar-refractivity contribution in [2.75, 3.05) is 21.3 Å². The maximum atomic E-state index is 10.9. The lowest BCUT2D eigenvalue weighted by Crippen LogP contribution is -2.31. The van der Waals surface area contributed by atoms with Crippen molar-refractivity contribution in [1.82, 2.24) is 0 Å². The van der Waals surface area contributed by atoms with E-state index in [4.69, 9.17) is 35.0 Å². The highest BCUT2D eigenvalue weighted by Crippen LogP contribution is 2.06. The van der Waals surface area contributed by atoms with E-state index >= 15 is 0 Å². The van der Waals surface area contributed by atoms with Crippen molar-refractivity contribution >= 4 is 17.9 Å². The molecule has 4 N–H and O–H groups in total. The normalized spacial score (nSPS) is 11.2. The van der Waals surface area contributed by atoms with Crippen LogP contribution in [0.2, 0.25) is 0 Å². The Balaban J connectivity index is 0. The topological polar surface area (TPSA) is 145 Å². The van der Waals surface area contributed by atoms with Crippen LogP contribution in [0.3, 0.4) is 0 Å². The van der Waals surface area contributed by atoms with Crippen molar-refractivity contribution < 1.29 is 38.8 Å². The fraction of sp³-hybridized carbons (Fsp3) is 0.727. The summed E-state index contributed by atoms with van der Waals surface area (Å²) in [6, 6.07) is -0.547. The highest BCUT2D eigenvalue weighted by Gasteiger charge is 2.14. The molecule has 0 aliphatic carbocycles. The number of hydrogen-bond donors (Lipinski definition) is 3. The van der Waals surface area contributed by atoms with Gasteiger partial charge in [0.05, 0.1) is 7.11 Å². The van der Waals surface area contributed by atoms with Crippen LogP contribution in [0.4, 0.5) is 0 Å². The zero-order chi connectivity index (χ0) is 16.1. The van der Waals surface area contributed by atoms with Crippen LogP contribution >= 0.6 is 0 Å². The third-order valence-corrected chi connectivity index (χ3v) is 2.17. The number of rotatable bonds is 7. The zero-order valence-corrected chi connectivity index (χ0v) is 11.7. The van der Waals surface area contributed by atoms with Gasteiger partial charge in [-0.1, -0.05) is 0 Å². The monoisotopic (exact) mass is 295 g/mol. The van der Waals surface area contributed by atoms with Gasteiger partial charge in [0.25, 0.3) is 0 Å². The second-order valence-corrected chi connectivity index (χ2v) is 3.57. The Morgan fingerprint density at radius 3 is 1.75 bits per heavy atom.